The van der Waals surface area contributed by atoms with Crippen LogP contribution in [0.1, 0.15) is 36.8 Å². The Morgan fingerprint density at radius 3 is 2.70 bits per heavy atom. The molecule has 0 aliphatic heterocycles. The molecule has 1 atom stereocenters. The van der Waals surface area contributed by atoms with Gasteiger partial charge in [-0.25, -0.2) is 9.07 Å². The van der Waals surface area contributed by atoms with Gasteiger partial charge < -0.3 is 10.4 Å². The first-order valence-electron chi connectivity index (χ1n) is 7.54. The van der Waals surface area contributed by atoms with Gasteiger partial charge in [-0.15, -0.1) is 0 Å². The molecule has 0 radical (unpaired) electrons. The summed E-state index contributed by atoms with van der Waals surface area (Å²) >= 11 is 0. The van der Waals surface area contributed by atoms with Gasteiger partial charge in [0, 0.05) is 6.54 Å². The summed E-state index contributed by atoms with van der Waals surface area (Å²) in [5, 5.41) is 17.0. The number of rotatable bonds is 5. The molecular formula is C17H22FN3O2. The SMILES string of the molecule is Cc1c(C(=O)NCC(C)(O)C(C)C)cnn1-c1ccccc1F. The number of nitrogens with zero attached hydrogens (tertiary/aromatic N) is 2. The van der Waals surface area contributed by atoms with E-state index in [-0.39, 0.29) is 18.4 Å². The zero-order chi connectivity index (χ0) is 17.2. The van der Waals surface area contributed by atoms with E-state index in [1.54, 1.807) is 32.0 Å². The van der Waals surface area contributed by atoms with E-state index >= 15 is 0 Å². The van der Waals surface area contributed by atoms with E-state index in [1.807, 2.05) is 13.8 Å². The molecule has 1 aromatic heterocycles. The second-order valence-electron chi connectivity index (χ2n) is 6.20. The molecule has 2 aromatic rings. The number of para-hydroxylation sites is 1. The van der Waals surface area contributed by atoms with E-state index in [9.17, 15) is 14.3 Å². The normalized spacial score (nSPS) is 13.9. The second-order valence-corrected chi connectivity index (χ2v) is 6.20. The molecule has 0 bridgehead atoms. The molecule has 0 aliphatic carbocycles. The minimum absolute atomic E-state index is 0.00466. The van der Waals surface area contributed by atoms with Gasteiger partial charge in [0.1, 0.15) is 11.5 Å². The van der Waals surface area contributed by atoms with Crippen molar-refractivity contribution in [3.63, 3.8) is 0 Å². The van der Waals surface area contributed by atoms with Crippen molar-refractivity contribution >= 4 is 5.91 Å². The van der Waals surface area contributed by atoms with E-state index in [0.29, 0.717) is 16.9 Å². The van der Waals surface area contributed by atoms with Gasteiger partial charge in [0.25, 0.3) is 5.91 Å². The van der Waals surface area contributed by atoms with Crippen LogP contribution in [0.4, 0.5) is 4.39 Å². The van der Waals surface area contributed by atoms with Crippen LogP contribution in [0.25, 0.3) is 5.69 Å². The third-order valence-electron chi connectivity index (χ3n) is 4.19. The number of amides is 1. The molecule has 23 heavy (non-hydrogen) atoms. The molecule has 0 spiro atoms. The maximum Gasteiger partial charge on any atom is 0.254 e. The predicted octanol–water partition coefficient (Wildman–Crippen LogP) is 2.46. The summed E-state index contributed by atoms with van der Waals surface area (Å²) in [5.74, 6) is -0.746. The molecule has 124 valence electrons. The van der Waals surface area contributed by atoms with E-state index in [4.69, 9.17) is 0 Å². The standard InChI is InChI=1S/C17H22FN3O2/c1-11(2)17(4,23)10-19-16(22)13-9-20-21(12(13)3)15-8-6-5-7-14(15)18/h5-9,11,23H,10H2,1-4H3,(H,19,22). The molecule has 1 amide bonds. The molecule has 0 aliphatic rings. The van der Waals surface area contributed by atoms with Gasteiger partial charge in [-0.3, -0.25) is 4.79 Å². The Hall–Kier alpha value is -2.21. The Kier molecular flexibility index (Phi) is 4.85. The molecule has 0 fully saturated rings. The van der Waals surface area contributed by atoms with E-state index in [2.05, 4.69) is 10.4 Å². The summed E-state index contributed by atoms with van der Waals surface area (Å²) in [5.41, 5.74) is 0.188. The highest BCUT2D eigenvalue weighted by Crippen LogP contribution is 2.18. The number of aromatic nitrogens is 2. The van der Waals surface area contributed by atoms with Crippen molar-refractivity contribution in [2.75, 3.05) is 6.54 Å². The van der Waals surface area contributed by atoms with Gasteiger partial charge in [0.2, 0.25) is 0 Å². The third-order valence-corrected chi connectivity index (χ3v) is 4.19. The van der Waals surface area contributed by atoms with E-state index < -0.39 is 11.4 Å². The van der Waals surface area contributed by atoms with Crippen molar-refractivity contribution in [1.82, 2.24) is 15.1 Å². The Morgan fingerprint density at radius 2 is 2.09 bits per heavy atom. The summed E-state index contributed by atoms with van der Waals surface area (Å²) in [4.78, 5) is 12.3. The minimum atomic E-state index is -0.995. The van der Waals surface area contributed by atoms with Crippen LogP contribution >= 0.6 is 0 Å². The minimum Gasteiger partial charge on any atom is -0.388 e. The molecular weight excluding hydrogens is 297 g/mol. The lowest BCUT2D eigenvalue weighted by Crippen LogP contribution is -2.44. The third kappa shape index (κ3) is 3.59. The molecule has 5 nitrogen and oxygen atoms in total. The lowest BCUT2D eigenvalue weighted by atomic mass is 9.92. The maximum absolute atomic E-state index is 13.9. The molecule has 0 saturated heterocycles. The van der Waals surface area contributed by atoms with Crippen molar-refractivity contribution in [2.45, 2.75) is 33.3 Å². The van der Waals surface area contributed by atoms with Crippen LogP contribution in [0.3, 0.4) is 0 Å². The number of halogens is 1. The van der Waals surface area contributed by atoms with Gasteiger partial charge in [-0.2, -0.15) is 5.10 Å². The summed E-state index contributed by atoms with van der Waals surface area (Å²) in [7, 11) is 0. The fourth-order valence-electron chi connectivity index (χ4n) is 2.06. The molecule has 6 heteroatoms. The molecule has 0 saturated carbocycles. The van der Waals surface area contributed by atoms with Crippen LogP contribution in [0.5, 0.6) is 0 Å². The lowest BCUT2D eigenvalue weighted by molar-refractivity contribution is 0.0142. The van der Waals surface area contributed by atoms with Crippen molar-refractivity contribution in [2.24, 2.45) is 5.92 Å². The smallest absolute Gasteiger partial charge is 0.254 e. The molecule has 1 heterocycles. The van der Waals surface area contributed by atoms with Crippen molar-refractivity contribution in [3.8, 4) is 5.69 Å². The van der Waals surface area contributed by atoms with Crippen LogP contribution in [-0.4, -0.2) is 32.9 Å². The van der Waals surface area contributed by atoms with Crippen LogP contribution in [0, 0.1) is 18.7 Å². The predicted molar refractivity (Wildman–Crippen MR) is 86.1 cm³/mol. The van der Waals surface area contributed by atoms with Crippen LogP contribution in [-0.2, 0) is 0 Å². The van der Waals surface area contributed by atoms with Crippen LogP contribution in [0.2, 0.25) is 0 Å². The van der Waals surface area contributed by atoms with Gasteiger partial charge in [0.15, 0.2) is 0 Å². The zero-order valence-electron chi connectivity index (χ0n) is 13.8. The monoisotopic (exact) mass is 319 g/mol. The van der Waals surface area contributed by atoms with Crippen molar-refractivity contribution in [1.29, 1.82) is 0 Å². The number of carbonyl (C=O) groups is 1. The average Bonchev–Trinajstić information content (AvgIpc) is 2.87. The maximum atomic E-state index is 13.9. The highest BCUT2D eigenvalue weighted by Gasteiger charge is 2.26. The molecule has 2 rings (SSSR count). The Balaban J connectivity index is 2.20. The van der Waals surface area contributed by atoms with Gasteiger partial charge in [-0.1, -0.05) is 26.0 Å². The Bertz CT molecular complexity index is 708. The lowest BCUT2D eigenvalue weighted by Gasteiger charge is -2.27. The number of nitrogens with one attached hydrogen (secondary N) is 1. The summed E-state index contributed by atoms with van der Waals surface area (Å²) < 4.78 is 15.3. The largest absolute Gasteiger partial charge is 0.388 e. The highest BCUT2D eigenvalue weighted by molar-refractivity contribution is 5.95. The molecule has 2 N–H and O–H groups in total. The molecule has 1 unspecified atom stereocenters. The fraction of sp³-hybridized carbons (Fsp3) is 0.412. The topological polar surface area (TPSA) is 67.2 Å². The van der Waals surface area contributed by atoms with Gasteiger partial charge >= 0.3 is 0 Å². The number of aliphatic hydroxyl groups is 1. The van der Waals surface area contributed by atoms with Crippen LogP contribution in [0.15, 0.2) is 30.5 Å². The first kappa shape index (κ1) is 17.1. The quantitative estimate of drug-likeness (QED) is 0.889. The van der Waals surface area contributed by atoms with Crippen LogP contribution < -0.4 is 5.32 Å². The number of hydrogen-bond donors (Lipinski definition) is 2. The second kappa shape index (κ2) is 6.50. The number of hydrogen-bond acceptors (Lipinski definition) is 3. The zero-order valence-corrected chi connectivity index (χ0v) is 13.8. The Morgan fingerprint density at radius 1 is 1.43 bits per heavy atom. The van der Waals surface area contributed by atoms with E-state index in [1.165, 1.54) is 16.9 Å². The van der Waals surface area contributed by atoms with Crippen molar-refractivity contribution in [3.05, 3.63) is 47.5 Å². The summed E-state index contributed by atoms with van der Waals surface area (Å²) in [6.45, 7) is 7.28. The highest BCUT2D eigenvalue weighted by atomic mass is 19.1. The number of benzene rings is 1. The van der Waals surface area contributed by atoms with Gasteiger partial charge in [-0.05, 0) is 31.9 Å². The first-order valence-corrected chi connectivity index (χ1v) is 7.54. The molecule has 1 aromatic carbocycles. The summed E-state index contributed by atoms with van der Waals surface area (Å²) in [6, 6.07) is 6.25. The van der Waals surface area contributed by atoms with Crippen molar-refractivity contribution < 1.29 is 14.3 Å². The Labute approximate surface area is 135 Å². The average molecular weight is 319 g/mol. The first-order chi connectivity index (χ1) is 10.7. The van der Waals surface area contributed by atoms with E-state index in [0.717, 1.165) is 0 Å². The summed E-state index contributed by atoms with van der Waals surface area (Å²) in [6.07, 6.45) is 1.40. The fourth-order valence-corrected chi connectivity index (χ4v) is 2.06. The number of carbonyl (C=O) groups excluding carboxylic acids is 1. The van der Waals surface area contributed by atoms with Gasteiger partial charge in [0.05, 0.1) is 23.1 Å².